The van der Waals surface area contributed by atoms with Crippen molar-refractivity contribution >= 4 is 17.9 Å². The van der Waals surface area contributed by atoms with Crippen LogP contribution in [-0.2, 0) is 9.53 Å². The first-order valence-electron chi connectivity index (χ1n) is 9.31. The molecule has 8 heteroatoms. The number of carbonyl (C=O) groups is 3. The van der Waals surface area contributed by atoms with Crippen LogP contribution in [0.15, 0.2) is 22.8 Å². The van der Waals surface area contributed by atoms with Gasteiger partial charge in [-0.15, -0.1) is 0 Å². The third-order valence-corrected chi connectivity index (χ3v) is 4.24. The van der Waals surface area contributed by atoms with Crippen molar-refractivity contribution in [3.8, 4) is 0 Å². The van der Waals surface area contributed by atoms with Crippen LogP contribution in [0.5, 0.6) is 0 Å². The molecule has 1 aromatic heterocycles. The first kappa shape index (κ1) is 20.8. The molecule has 0 atom stereocenters. The van der Waals surface area contributed by atoms with E-state index in [1.54, 1.807) is 37.8 Å². The molecule has 1 saturated heterocycles. The van der Waals surface area contributed by atoms with E-state index < -0.39 is 11.7 Å². The van der Waals surface area contributed by atoms with Gasteiger partial charge in [0.15, 0.2) is 5.76 Å². The van der Waals surface area contributed by atoms with Gasteiger partial charge in [0.25, 0.3) is 5.91 Å². The monoisotopic (exact) mass is 379 g/mol. The van der Waals surface area contributed by atoms with Crippen LogP contribution >= 0.6 is 0 Å². The van der Waals surface area contributed by atoms with Crippen LogP contribution in [0, 0.1) is 5.92 Å². The van der Waals surface area contributed by atoms with Crippen LogP contribution in [0.25, 0.3) is 0 Å². The van der Waals surface area contributed by atoms with Crippen molar-refractivity contribution in [3.63, 3.8) is 0 Å². The van der Waals surface area contributed by atoms with E-state index in [1.165, 1.54) is 6.26 Å². The minimum Gasteiger partial charge on any atom is -0.459 e. The van der Waals surface area contributed by atoms with E-state index in [9.17, 15) is 14.4 Å². The largest absolute Gasteiger partial charge is 0.459 e. The van der Waals surface area contributed by atoms with Gasteiger partial charge >= 0.3 is 6.09 Å². The third-order valence-electron chi connectivity index (χ3n) is 4.24. The Morgan fingerprint density at radius 3 is 2.52 bits per heavy atom. The highest BCUT2D eigenvalue weighted by atomic mass is 16.6. The van der Waals surface area contributed by atoms with Crippen LogP contribution in [-0.4, -0.2) is 54.6 Å². The number of alkyl carbamates (subject to hydrolysis) is 1. The second-order valence-corrected chi connectivity index (χ2v) is 7.70. The molecule has 1 aliphatic heterocycles. The van der Waals surface area contributed by atoms with Crippen LogP contribution in [0.1, 0.15) is 50.6 Å². The second kappa shape index (κ2) is 9.43. The summed E-state index contributed by atoms with van der Waals surface area (Å²) in [6.45, 7) is 7.47. The number of hydrogen-bond donors (Lipinski definition) is 2. The normalized spacial score (nSPS) is 15.3. The summed E-state index contributed by atoms with van der Waals surface area (Å²) in [5, 5.41) is 5.46. The minimum atomic E-state index is -0.556. The zero-order valence-corrected chi connectivity index (χ0v) is 16.2. The second-order valence-electron chi connectivity index (χ2n) is 7.70. The maximum absolute atomic E-state index is 12.2. The fourth-order valence-corrected chi connectivity index (χ4v) is 2.84. The van der Waals surface area contributed by atoms with E-state index in [1.807, 2.05) is 0 Å². The zero-order chi connectivity index (χ0) is 19.9. The van der Waals surface area contributed by atoms with E-state index in [0.717, 1.165) is 12.8 Å². The maximum Gasteiger partial charge on any atom is 0.407 e. The molecular weight excluding hydrogens is 350 g/mol. The Labute approximate surface area is 159 Å². The molecule has 1 aliphatic rings. The summed E-state index contributed by atoms with van der Waals surface area (Å²) in [7, 11) is 0. The molecule has 8 nitrogen and oxygen atoms in total. The van der Waals surface area contributed by atoms with Crippen molar-refractivity contribution in [1.29, 1.82) is 0 Å². The predicted octanol–water partition coefficient (Wildman–Crippen LogP) is 2.16. The molecule has 0 spiro atoms. The fourth-order valence-electron chi connectivity index (χ4n) is 2.84. The van der Waals surface area contributed by atoms with Crippen LogP contribution in [0.4, 0.5) is 4.79 Å². The van der Waals surface area contributed by atoms with E-state index in [-0.39, 0.29) is 24.8 Å². The molecule has 2 heterocycles. The first-order chi connectivity index (χ1) is 12.7. The maximum atomic E-state index is 12.2. The number of likely N-dealkylation sites (tertiary alicyclic amines) is 1. The number of rotatable bonds is 6. The van der Waals surface area contributed by atoms with Crippen molar-refractivity contribution in [1.82, 2.24) is 15.5 Å². The van der Waals surface area contributed by atoms with Crippen LogP contribution < -0.4 is 10.6 Å². The van der Waals surface area contributed by atoms with Crippen molar-refractivity contribution in [2.24, 2.45) is 5.92 Å². The third kappa shape index (κ3) is 7.32. The SMILES string of the molecule is CC(C)(C)OC(=O)NCCC(=O)NCC1CCN(C(=O)c2ccco2)CC1. The van der Waals surface area contributed by atoms with Crippen molar-refractivity contribution < 1.29 is 23.5 Å². The van der Waals surface area contributed by atoms with Crippen molar-refractivity contribution in [2.45, 2.75) is 45.6 Å². The molecule has 2 rings (SSSR count). The molecule has 0 aromatic carbocycles. The molecule has 27 heavy (non-hydrogen) atoms. The number of nitrogens with zero attached hydrogens (tertiary/aromatic N) is 1. The van der Waals surface area contributed by atoms with Gasteiger partial charge in [0.05, 0.1) is 6.26 Å². The number of carbonyl (C=O) groups excluding carboxylic acids is 3. The first-order valence-corrected chi connectivity index (χ1v) is 9.31. The van der Waals surface area contributed by atoms with Gasteiger partial charge in [-0.05, 0) is 51.7 Å². The predicted molar refractivity (Wildman–Crippen MR) is 99.2 cm³/mol. The Balaban J connectivity index is 1.59. The van der Waals surface area contributed by atoms with Crippen LogP contribution in [0.2, 0.25) is 0 Å². The van der Waals surface area contributed by atoms with Gasteiger partial charge in [-0.25, -0.2) is 4.79 Å². The van der Waals surface area contributed by atoms with Gasteiger partial charge in [-0.1, -0.05) is 0 Å². The summed E-state index contributed by atoms with van der Waals surface area (Å²) in [6.07, 6.45) is 2.84. The fraction of sp³-hybridized carbons (Fsp3) is 0.632. The number of ether oxygens (including phenoxy) is 1. The van der Waals surface area contributed by atoms with Crippen molar-refractivity contribution in [2.75, 3.05) is 26.2 Å². The number of piperidine rings is 1. The quantitative estimate of drug-likeness (QED) is 0.789. The number of amides is 3. The highest BCUT2D eigenvalue weighted by molar-refractivity contribution is 5.91. The standard InChI is InChI=1S/C19H29N3O5/c1-19(2,3)27-18(25)20-9-6-16(23)21-13-14-7-10-22(11-8-14)17(24)15-5-4-12-26-15/h4-5,12,14H,6-11,13H2,1-3H3,(H,20,25)(H,21,23). The molecule has 0 bridgehead atoms. The van der Waals surface area contributed by atoms with Gasteiger partial charge in [-0.2, -0.15) is 0 Å². The summed E-state index contributed by atoms with van der Waals surface area (Å²) in [6, 6.07) is 3.37. The number of nitrogens with one attached hydrogen (secondary N) is 2. The zero-order valence-electron chi connectivity index (χ0n) is 16.2. The molecule has 150 valence electrons. The molecular formula is C19H29N3O5. The Morgan fingerprint density at radius 2 is 1.93 bits per heavy atom. The summed E-state index contributed by atoms with van der Waals surface area (Å²) in [5.41, 5.74) is -0.556. The van der Waals surface area contributed by atoms with Gasteiger partial charge in [0.1, 0.15) is 5.60 Å². The number of furan rings is 1. The average Bonchev–Trinajstić information content (AvgIpc) is 3.13. The molecule has 3 amide bonds. The lowest BCUT2D eigenvalue weighted by Crippen LogP contribution is -2.42. The Kier molecular flexibility index (Phi) is 7.27. The molecule has 2 N–H and O–H groups in total. The molecule has 0 radical (unpaired) electrons. The van der Waals surface area contributed by atoms with Crippen molar-refractivity contribution in [3.05, 3.63) is 24.2 Å². The topological polar surface area (TPSA) is 101 Å². The lowest BCUT2D eigenvalue weighted by molar-refractivity contribution is -0.121. The Hall–Kier alpha value is -2.51. The van der Waals surface area contributed by atoms with Crippen LogP contribution in [0.3, 0.4) is 0 Å². The van der Waals surface area contributed by atoms with Gasteiger partial charge < -0.3 is 24.7 Å². The van der Waals surface area contributed by atoms with E-state index >= 15 is 0 Å². The lowest BCUT2D eigenvalue weighted by atomic mass is 9.96. The summed E-state index contributed by atoms with van der Waals surface area (Å²) < 4.78 is 10.3. The van der Waals surface area contributed by atoms with Gasteiger partial charge in [0.2, 0.25) is 5.91 Å². The Morgan fingerprint density at radius 1 is 1.22 bits per heavy atom. The number of hydrogen-bond acceptors (Lipinski definition) is 5. The average molecular weight is 379 g/mol. The molecule has 0 aliphatic carbocycles. The molecule has 1 aromatic rings. The minimum absolute atomic E-state index is 0.0873. The highest BCUT2D eigenvalue weighted by Gasteiger charge is 2.25. The van der Waals surface area contributed by atoms with E-state index in [4.69, 9.17) is 9.15 Å². The smallest absolute Gasteiger partial charge is 0.407 e. The van der Waals surface area contributed by atoms with E-state index in [2.05, 4.69) is 10.6 Å². The molecule has 1 fully saturated rings. The Bertz CT molecular complexity index is 628. The summed E-state index contributed by atoms with van der Waals surface area (Å²) >= 11 is 0. The lowest BCUT2D eigenvalue weighted by Gasteiger charge is -2.31. The summed E-state index contributed by atoms with van der Waals surface area (Å²) in [4.78, 5) is 37.4. The summed E-state index contributed by atoms with van der Waals surface area (Å²) in [5.74, 6) is 0.503. The molecule has 0 saturated carbocycles. The van der Waals surface area contributed by atoms with Gasteiger partial charge in [-0.3, -0.25) is 9.59 Å². The highest BCUT2D eigenvalue weighted by Crippen LogP contribution is 2.18. The van der Waals surface area contributed by atoms with Gasteiger partial charge in [0, 0.05) is 32.6 Å². The molecule has 0 unspecified atom stereocenters. The van der Waals surface area contributed by atoms with E-state index in [0.29, 0.717) is 31.3 Å².